The highest BCUT2D eigenvalue weighted by atomic mass is 16.5. The van der Waals surface area contributed by atoms with Gasteiger partial charge < -0.3 is 23.5 Å². The van der Waals surface area contributed by atoms with E-state index in [1.807, 2.05) is 59.5 Å². The molecule has 2 aromatic heterocycles. The smallest absolute Gasteiger partial charge is 0.345 e. The van der Waals surface area contributed by atoms with Gasteiger partial charge in [0.1, 0.15) is 5.56 Å². The zero-order valence-corrected chi connectivity index (χ0v) is 22.2. The maximum Gasteiger partial charge on any atom is 0.345 e. The van der Waals surface area contributed by atoms with E-state index in [9.17, 15) is 14.4 Å². The molecule has 6 rings (SSSR count). The first kappa shape index (κ1) is 27.7. The van der Waals surface area contributed by atoms with E-state index in [-0.39, 0.29) is 25.5 Å². The fourth-order valence-corrected chi connectivity index (χ4v) is 5.47. The van der Waals surface area contributed by atoms with E-state index >= 15 is 0 Å². The minimum Gasteiger partial charge on any atom is -0.462 e. The van der Waals surface area contributed by atoms with Crippen molar-refractivity contribution >= 4 is 39.2 Å². The third kappa shape index (κ3) is 5.20. The number of para-hydroxylation sites is 1. The van der Waals surface area contributed by atoms with E-state index in [1.54, 1.807) is 28.5 Å². The Balaban J connectivity index is 0.00000337. The minimum atomic E-state index is -0.644. The number of fused-ring (bicyclic) bond motifs is 2. The highest BCUT2D eigenvalue weighted by molar-refractivity contribution is 6.05. The Bertz CT molecular complexity index is 1770. The average Bonchev–Trinajstić information content (AvgIpc) is 3.53. The lowest BCUT2D eigenvalue weighted by Crippen LogP contribution is -2.49. The Hall–Kier alpha value is -4.85. The molecule has 3 heterocycles. The number of nitrogens with zero attached hydrogens (tertiary/aromatic N) is 3. The number of furan rings is 1. The zero-order valence-electron chi connectivity index (χ0n) is 22.2. The molecule has 8 heteroatoms. The second-order valence-electron chi connectivity index (χ2n) is 9.79. The van der Waals surface area contributed by atoms with Gasteiger partial charge in [-0.1, -0.05) is 62.0 Å². The molecule has 0 spiro atoms. The number of carbonyl (C=O) groups excluding carboxylic acids is 2. The Labute approximate surface area is 238 Å². The number of carbonyl (C=O) groups is 2. The van der Waals surface area contributed by atoms with E-state index in [4.69, 9.17) is 9.15 Å². The first-order valence-electron chi connectivity index (χ1n) is 13.4. The van der Waals surface area contributed by atoms with Crippen molar-refractivity contribution in [2.75, 3.05) is 37.7 Å². The van der Waals surface area contributed by atoms with E-state index in [0.717, 1.165) is 27.2 Å². The third-order valence-electron chi connectivity index (χ3n) is 7.39. The third-order valence-corrected chi connectivity index (χ3v) is 7.39. The average molecular weight is 552 g/mol. The maximum absolute atomic E-state index is 14.1. The van der Waals surface area contributed by atoms with Crippen LogP contribution in [0.15, 0.2) is 94.3 Å². The van der Waals surface area contributed by atoms with Crippen LogP contribution in [-0.2, 0) is 11.3 Å². The number of benzene rings is 3. The molecule has 1 amide bonds. The van der Waals surface area contributed by atoms with Gasteiger partial charge in [-0.3, -0.25) is 9.59 Å². The Morgan fingerprint density at radius 3 is 2.34 bits per heavy atom. The van der Waals surface area contributed by atoms with Gasteiger partial charge in [-0.15, -0.1) is 0 Å². The molecule has 210 valence electrons. The molecule has 5 aromatic rings. The Morgan fingerprint density at radius 1 is 0.878 bits per heavy atom. The monoisotopic (exact) mass is 551 g/mol. The molecule has 0 N–H and O–H groups in total. The summed E-state index contributed by atoms with van der Waals surface area (Å²) in [5.74, 6) is -0.525. The molecular formula is C33H33N3O5. The molecule has 1 aliphatic rings. The van der Waals surface area contributed by atoms with Crippen molar-refractivity contribution in [3.63, 3.8) is 0 Å². The van der Waals surface area contributed by atoms with Gasteiger partial charge in [-0.05, 0) is 47.5 Å². The highest BCUT2D eigenvalue weighted by Crippen LogP contribution is 2.31. The van der Waals surface area contributed by atoms with Crippen LogP contribution >= 0.6 is 0 Å². The van der Waals surface area contributed by atoms with Crippen LogP contribution in [0.3, 0.4) is 0 Å². The second kappa shape index (κ2) is 11.7. The summed E-state index contributed by atoms with van der Waals surface area (Å²) < 4.78 is 12.3. The molecule has 1 aliphatic heterocycles. The predicted molar refractivity (Wildman–Crippen MR) is 161 cm³/mol. The number of anilines is 1. The van der Waals surface area contributed by atoms with Gasteiger partial charge in [0.05, 0.1) is 30.6 Å². The van der Waals surface area contributed by atoms with E-state index < -0.39 is 11.5 Å². The maximum atomic E-state index is 14.1. The lowest BCUT2D eigenvalue weighted by molar-refractivity contribution is 0.0523. The zero-order chi connectivity index (χ0) is 27.6. The standard InChI is InChI=1S/C32H29N3O5.CH4/c1-2-39-32(38)28-29(33-15-17-34(18-16-33)30(36)27-12-7-19-40-27)25-10-5-6-11-26(25)35(31(28)37)21-22-13-14-23-8-3-4-9-24(23)20-22;/h3-14,19-20H,2,15-18,21H2,1H3;1H4. The van der Waals surface area contributed by atoms with Gasteiger partial charge in [-0.25, -0.2) is 4.79 Å². The number of pyridine rings is 1. The molecule has 3 aromatic carbocycles. The summed E-state index contributed by atoms with van der Waals surface area (Å²) >= 11 is 0. The van der Waals surface area contributed by atoms with Crippen molar-refractivity contribution in [2.45, 2.75) is 20.9 Å². The first-order chi connectivity index (χ1) is 19.5. The molecular weight excluding hydrogens is 518 g/mol. The molecule has 0 bridgehead atoms. The van der Waals surface area contributed by atoms with E-state index in [1.165, 1.54) is 6.26 Å². The van der Waals surface area contributed by atoms with Crippen molar-refractivity contribution in [2.24, 2.45) is 0 Å². The fourth-order valence-electron chi connectivity index (χ4n) is 5.47. The number of hydrogen-bond acceptors (Lipinski definition) is 6. The summed E-state index contributed by atoms with van der Waals surface area (Å²) in [5.41, 5.74) is 1.87. The highest BCUT2D eigenvalue weighted by Gasteiger charge is 2.30. The number of rotatable bonds is 6. The lowest BCUT2D eigenvalue weighted by atomic mass is 10.0. The van der Waals surface area contributed by atoms with Crippen LogP contribution in [0.2, 0.25) is 0 Å². The number of amides is 1. The molecule has 41 heavy (non-hydrogen) atoms. The minimum absolute atomic E-state index is 0. The van der Waals surface area contributed by atoms with Crippen molar-refractivity contribution in [3.8, 4) is 0 Å². The van der Waals surface area contributed by atoms with Gasteiger partial charge >= 0.3 is 5.97 Å². The van der Waals surface area contributed by atoms with Gasteiger partial charge in [0, 0.05) is 31.6 Å². The summed E-state index contributed by atoms with van der Waals surface area (Å²) in [6, 6.07) is 25.2. The number of aromatic nitrogens is 1. The van der Waals surface area contributed by atoms with Crippen LogP contribution in [0.5, 0.6) is 0 Å². The molecule has 0 unspecified atom stereocenters. The van der Waals surface area contributed by atoms with E-state index in [0.29, 0.717) is 44.2 Å². The normalized spacial score (nSPS) is 13.3. The summed E-state index contributed by atoms with van der Waals surface area (Å²) in [4.78, 5) is 44.0. The summed E-state index contributed by atoms with van der Waals surface area (Å²) in [6.07, 6.45) is 1.48. The van der Waals surface area contributed by atoms with E-state index in [2.05, 4.69) is 12.1 Å². The predicted octanol–water partition coefficient (Wildman–Crippen LogP) is 5.57. The van der Waals surface area contributed by atoms with Gasteiger partial charge in [-0.2, -0.15) is 0 Å². The van der Waals surface area contributed by atoms with Crippen LogP contribution < -0.4 is 10.5 Å². The molecule has 0 aliphatic carbocycles. The quantitative estimate of drug-likeness (QED) is 0.257. The summed E-state index contributed by atoms with van der Waals surface area (Å²) in [6.45, 7) is 3.95. The van der Waals surface area contributed by atoms with Crippen LogP contribution in [0.25, 0.3) is 21.7 Å². The van der Waals surface area contributed by atoms with Crippen molar-refractivity contribution in [3.05, 3.63) is 112 Å². The Morgan fingerprint density at radius 2 is 1.61 bits per heavy atom. The van der Waals surface area contributed by atoms with Crippen molar-refractivity contribution in [1.29, 1.82) is 0 Å². The molecule has 0 radical (unpaired) electrons. The Kier molecular flexibility index (Phi) is 7.92. The van der Waals surface area contributed by atoms with Crippen LogP contribution in [0, 0.1) is 0 Å². The second-order valence-corrected chi connectivity index (χ2v) is 9.79. The largest absolute Gasteiger partial charge is 0.462 e. The lowest BCUT2D eigenvalue weighted by Gasteiger charge is -2.37. The van der Waals surface area contributed by atoms with Gasteiger partial charge in [0.2, 0.25) is 0 Å². The number of esters is 1. The topological polar surface area (TPSA) is 85.0 Å². The van der Waals surface area contributed by atoms with Gasteiger partial charge in [0.25, 0.3) is 11.5 Å². The first-order valence-corrected chi connectivity index (χ1v) is 13.4. The van der Waals surface area contributed by atoms with Crippen LogP contribution in [-0.4, -0.2) is 54.1 Å². The molecule has 1 fully saturated rings. The fraction of sp³-hybridized carbons (Fsp3) is 0.242. The number of piperazine rings is 1. The molecule has 1 saturated heterocycles. The van der Waals surface area contributed by atoms with Crippen LogP contribution in [0.4, 0.5) is 5.69 Å². The van der Waals surface area contributed by atoms with Crippen molar-refractivity contribution in [1.82, 2.24) is 9.47 Å². The van der Waals surface area contributed by atoms with Crippen molar-refractivity contribution < 1.29 is 18.7 Å². The molecule has 8 nitrogen and oxygen atoms in total. The molecule has 0 atom stereocenters. The molecule has 0 saturated carbocycles. The SMILES string of the molecule is C.CCOC(=O)c1c(N2CCN(C(=O)c3ccco3)CC2)c2ccccc2n(Cc2ccc3ccccc3c2)c1=O. The number of ether oxygens (including phenoxy) is 1. The summed E-state index contributed by atoms with van der Waals surface area (Å²) in [5, 5.41) is 2.99. The van der Waals surface area contributed by atoms with Gasteiger partial charge in [0.15, 0.2) is 5.76 Å². The van der Waals surface area contributed by atoms with Crippen LogP contribution in [0.1, 0.15) is 40.8 Å². The number of hydrogen-bond donors (Lipinski definition) is 0. The summed E-state index contributed by atoms with van der Waals surface area (Å²) in [7, 11) is 0.